The molecule has 0 aliphatic carbocycles. The Morgan fingerprint density at radius 2 is 2.27 bits per heavy atom. The Bertz CT molecular complexity index is 513. The summed E-state index contributed by atoms with van der Waals surface area (Å²) in [4.78, 5) is 10.2. The minimum atomic E-state index is 1.01. The van der Waals surface area contributed by atoms with E-state index in [1.807, 2.05) is 6.92 Å². The Kier molecular flexibility index (Phi) is 1.75. The molecule has 15 heavy (non-hydrogen) atoms. The molecule has 3 nitrogen and oxygen atoms in total. The summed E-state index contributed by atoms with van der Waals surface area (Å²) in [6.07, 6.45) is 2.38. The quantitative estimate of drug-likeness (QED) is 0.709. The first kappa shape index (κ1) is 8.77. The molecule has 0 atom stereocenters. The molecule has 1 aliphatic heterocycles. The number of nitrogens with one attached hydrogen (secondary N) is 1. The number of aryl methyl sites for hydroxylation is 2. The van der Waals surface area contributed by atoms with E-state index in [4.69, 9.17) is 0 Å². The molecule has 0 bridgehead atoms. The van der Waals surface area contributed by atoms with Crippen LogP contribution < -0.4 is 4.90 Å². The molecule has 1 aliphatic rings. The zero-order valence-electron chi connectivity index (χ0n) is 9.17. The third kappa shape index (κ3) is 1.23. The SMILES string of the molecule is Cc1nc2c3c(ccc2[nH]1)N(C)CCC3. The van der Waals surface area contributed by atoms with Gasteiger partial charge in [0.15, 0.2) is 0 Å². The van der Waals surface area contributed by atoms with Gasteiger partial charge in [-0.1, -0.05) is 0 Å². The second-order valence-corrected chi connectivity index (χ2v) is 4.31. The Labute approximate surface area is 89.1 Å². The van der Waals surface area contributed by atoms with Gasteiger partial charge in [-0.05, 0) is 31.9 Å². The molecule has 1 aromatic heterocycles. The Balaban J connectivity index is 2.32. The first-order chi connectivity index (χ1) is 7.25. The first-order valence-electron chi connectivity index (χ1n) is 5.45. The number of hydrogen-bond donors (Lipinski definition) is 1. The van der Waals surface area contributed by atoms with Crippen molar-refractivity contribution in [1.82, 2.24) is 9.97 Å². The first-order valence-corrected chi connectivity index (χ1v) is 5.45. The topological polar surface area (TPSA) is 31.9 Å². The maximum Gasteiger partial charge on any atom is 0.104 e. The van der Waals surface area contributed by atoms with Gasteiger partial charge in [0, 0.05) is 24.8 Å². The normalized spacial score (nSPS) is 15.7. The molecule has 0 saturated heterocycles. The molecular formula is C12H15N3. The number of fused-ring (bicyclic) bond motifs is 3. The maximum atomic E-state index is 4.58. The summed E-state index contributed by atoms with van der Waals surface area (Å²) in [5, 5.41) is 0. The van der Waals surface area contributed by atoms with Crippen molar-refractivity contribution in [2.45, 2.75) is 19.8 Å². The minimum Gasteiger partial charge on any atom is -0.374 e. The van der Waals surface area contributed by atoms with E-state index in [0.717, 1.165) is 24.3 Å². The summed E-state index contributed by atoms with van der Waals surface area (Å²) in [5.41, 5.74) is 5.09. The number of imidazole rings is 1. The Morgan fingerprint density at radius 3 is 3.13 bits per heavy atom. The van der Waals surface area contributed by atoms with Crippen molar-refractivity contribution < 1.29 is 0 Å². The largest absolute Gasteiger partial charge is 0.374 e. The van der Waals surface area contributed by atoms with Crippen LogP contribution in [0.15, 0.2) is 12.1 Å². The lowest BCUT2D eigenvalue weighted by atomic mass is 10.0. The minimum absolute atomic E-state index is 1.01. The second-order valence-electron chi connectivity index (χ2n) is 4.31. The summed E-state index contributed by atoms with van der Waals surface area (Å²) in [5.74, 6) is 1.01. The van der Waals surface area contributed by atoms with Gasteiger partial charge < -0.3 is 9.88 Å². The van der Waals surface area contributed by atoms with Crippen LogP contribution in [0.2, 0.25) is 0 Å². The molecule has 3 rings (SSSR count). The van der Waals surface area contributed by atoms with Crippen LogP contribution in [-0.2, 0) is 6.42 Å². The van der Waals surface area contributed by atoms with Crippen molar-refractivity contribution in [2.75, 3.05) is 18.5 Å². The van der Waals surface area contributed by atoms with E-state index < -0.39 is 0 Å². The number of aromatic amines is 1. The zero-order chi connectivity index (χ0) is 10.4. The zero-order valence-corrected chi connectivity index (χ0v) is 9.17. The van der Waals surface area contributed by atoms with E-state index in [9.17, 15) is 0 Å². The van der Waals surface area contributed by atoms with Crippen LogP contribution in [0.4, 0.5) is 5.69 Å². The van der Waals surface area contributed by atoms with Crippen LogP contribution in [0.3, 0.4) is 0 Å². The van der Waals surface area contributed by atoms with Crippen LogP contribution in [0, 0.1) is 6.92 Å². The number of anilines is 1. The fraction of sp³-hybridized carbons (Fsp3) is 0.417. The lowest BCUT2D eigenvalue weighted by Gasteiger charge is -2.27. The number of rotatable bonds is 0. The average Bonchev–Trinajstić information content (AvgIpc) is 2.59. The van der Waals surface area contributed by atoms with Crippen molar-refractivity contribution in [3.05, 3.63) is 23.5 Å². The van der Waals surface area contributed by atoms with Gasteiger partial charge in [0.05, 0.1) is 11.0 Å². The fourth-order valence-corrected chi connectivity index (χ4v) is 2.46. The third-order valence-corrected chi connectivity index (χ3v) is 3.18. The molecule has 0 unspecified atom stereocenters. The van der Waals surface area contributed by atoms with Gasteiger partial charge in [0.1, 0.15) is 5.82 Å². The van der Waals surface area contributed by atoms with E-state index in [1.165, 1.54) is 23.2 Å². The molecular weight excluding hydrogens is 186 g/mol. The molecule has 2 aromatic rings. The summed E-state index contributed by atoms with van der Waals surface area (Å²) in [7, 11) is 2.16. The molecule has 0 saturated carbocycles. The lowest BCUT2D eigenvalue weighted by Crippen LogP contribution is -2.24. The summed E-state index contributed by atoms with van der Waals surface area (Å²) >= 11 is 0. The number of aromatic nitrogens is 2. The molecule has 2 heterocycles. The lowest BCUT2D eigenvalue weighted by molar-refractivity contribution is 0.748. The van der Waals surface area contributed by atoms with Crippen LogP contribution >= 0.6 is 0 Å². The molecule has 0 fully saturated rings. The van der Waals surface area contributed by atoms with Crippen molar-refractivity contribution in [3.8, 4) is 0 Å². The van der Waals surface area contributed by atoms with Gasteiger partial charge in [0.2, 0.25) is 0 Å². The van der Waals surface area contributed by atoms with Crippen LogP contribution in [-0.4, -0.2) is 23.6 Å². The summed E-state index contributed by atoms with van der Waals surface area (Å²) < 4.78 is 0. The smallest absolute Gasteiger partial charge is 0.104 e. The standard InChI is InChI=1S/C12H15N3/c1-8-13-10-5-6-11-9(12(10)14-8)4-3-7-15(11)2/h5-6H,3-4,7H2,1-2H3,(H,13,14). The predicted molar refractivity (Wildman–Crippen MR) is 62.4 cm³/mol. The molecule has 0 amide bonds. The maximum absolute atomic E-state index is 4.58. The highest BCUT2D eigenvalue weighted by Crippen LogP contribution is 2.31. The average molecular weight is 201 g/mol. The molecule has 3 heteroatoms. The van der Waals surface area contributed by atoms with Crippen molar-refractivity contribution in [3.63, 3.8) is 0 Å². The van der Waals surface area contributed by atoms with Gasteiger partial charge in [-0.3, -0.25) is 0 Å². The molecule has 0 radical (unpaired) electrons. The third-order valence-electron chi connectivity index (χ3n) is 3.18. The predicted octanol–water partition coefficient (Wildman–Crippen LogP) is 2.25. The van der Waals surface area contributed by atoms with Gasteiger partial charge in [-0.15, -0.1) is 0 Å². The van der Waals surface area contributed by atoms with Crippen LogP contribution in [0.1, 0.15) is 17.8 Å². The van der Waals surface area contributed by atoms with Crippen molar-refractivity contribution in [1.29, 1.82) is 0 Å². The van der Waals surface area contributed by atoms with Gasteiger partial charge in [0.25, 0.3) is 0 Å². The molecule has 1 aromatic carbocycles. The van der Waals surface area contributed by atoms with E-state index >= 15 is 0 Å². The monoisotopic (exact) mass is 201 g/mol. The van der Waals surface area contributed by atoms with Crippen LogP contribution in [0.5, 0.6) is 0 Å². The second kappa shape index (κ2) is 2.99. The van der Waals surface area contributed by atoms with E-state index in [0.29, 0.717) is 0 Å². The highest BCUT2D eigenvalue weighted by molar-refractivity contribution is 5.85. The van der Waals surface area contributed by atoms with E-state index in [1.54, 1.807) is 0 Å². The summed E-state index contributed by atoms with van der Waals surface area (Å²) in [6, 6.07) is 4.34. The van der Waals surface area contributed by atoms with E-state index in [2.05, 4.69) is 34.0 Å². The fourth-order valence-electron chi connectivity index (χ4n) is 2.46. The van der Waals surface area contributed by atoms with Gasteiger partial charge >= 0.3 is 0 Å². The molecule has 1 N–H and O–H groups in total. The van der Waals surface area contributed by atoms with E-state index in [-0.39, 0.29) is 0 Å². The van der Waals surface area contributed by atoms with Crippen molar-refractivity contribution >= 4 is 16.7 Å². The molecule has 0 spiro atoms. The number of benzene rings is 1. The number of nitrogens with zero attached hydrogens (tertiary/aromatic N) is 2. The summed E-state index contributed by atoms with van der Waals surface area (Å²) in [6.45, 7) is 3.17. The van der Waals surface area contributed by atoms with Gasteiger partial charge in [-0.2, -0.15) is 0 Å². The van der Waals surface area contributed by atoms with Gasteiger partial charge in [-0.25, -0.2) is 4.98 Å². The van der Waals surface area contributed by atoms with Crippen LogP contribution in [0.25, 0.3) is 11.0 Å². The highest BCUT2D eigenvalue weighted by atomic mass is 15.1. The Morgan fingerprint density at radius 1 is 1.40 bits per heavy atom. The molecule has 78 valence electrons. The Hall–Kier alpha value is -1.51. The number of H-pyrrole nitrogens is 1. The number of hydrogen-bond acceptors (Lipinski definition) is 2. The highest BCUT2D eigenvalue weighted by Gasteiger charge is 2.17. The van der Waals surface area contributed by atoms with Crippen molar-refractivity contribution in [2.24, 2.45) is 0 Å².